The molecule has 1 saturated heterocycles. The molecule has 180 valence electrons. The van der Waals surface area contributed by atoms with Crippen LogP contribution >= 0.6 is 0 Å². The number of likely N-dealkylation sites (tertiary alicyclic amines) is 1. The summed E-state index contributed by atoms with van der Waals surface area (Å²) in [6, 6.07) is 17.0. The minimum absolute atomic E-state index is 0.0747. The number of nitrogens with one attached hydrogen (secondary N) is 1. The Morgan fingerprint density at radius 1 is 1.14 bits per heavy atom. The van der Waals surface area contributed by atoms with Crippen LogP contribution in [0.3, 0.4) is 0 Å². The van der Waals surface area contributed by atoms with Crippen LogP contribution in [0, 0.1) is 11.3 Å². The minimum atomic E-state index is 0.0747. The van der Waals surface area contributed by atoms with E-state index >= 15 is 0 Å². The van der Waals surface area contributed by atoms with E-state index < -0.39 is 0 Å². The van der Waals surface area contributed by atoms with Gasteiger partial charge in [-0.05, 0) is 81.0 Å². The summed E-state index contributed by atoms with van der Waals surface area (Å²) in [6.07, 6.45) is 8.50. The maximum atomic E-state index is 12.3. The topological polar surface area (TPSA) is 105 Å². The number of amides is 1. The van der Waals surface area contributed by atoms with Crippen LogP contribution in [0.2, 0.25) is 0 Å². The Morgan fingerprint density at radius 3 is 2.63 bits per heavy atom. The summed E-state index contributed by atoms with van der Waals surface area (Å²) in [6.45, 7) is 3.42. The first-order valence-electron chi connectivity index (χ1n) is 12.0. The van der Waals surface area contributed by atoms with Gasteiger partial charge in [0.25, 0.3) is 0 Å². The lowest BCUT2D eigenvalue weighted by Gasteiger charge is -2.32. The Morgan fingerprint density at radius 2 is 1.89 bits per heavy atom. The van der Waals surface area contributed by atoms with E-state index in [1.165, 1.54) is 6.33 Å². The Labute approximate surface area is 206 Å². The second-order valence-electron chi connectivity index (χ2n) is 8.73. The van der Waals surface area contributed by atoms with Crippen molar-refractivity contribution in [2.75, 3.05) is 18.8 Å². The van der Waals surface area contributed by atoms with Crippen LogP contribution in [-0.4, -0.2) is 39.6 Å². The van der Waals surface area contributed by atoms with E-state index in [-0.39, 0.29) is 11.6 Å². The van der Waals surface area contributed by atoms with Gasteiger partial charge in [-0.3, -0.25) is 10.2 Å². The summed E-state index contributed by atoms with van der Waals surface area (Å²) >= 11 is 0. The number of aromatic nitrogens is 2. The van der Waals surface area contributed by atoms with Crippen molar-refractivity contribution >= 4 is 17.4 Å². The van der Waals surface area contributed by atoms with Crippen molar-refractivity contribution < 1.29 is 9.53 Å². The van der Waals surface area contributed by atoms with E-state index in [1.54, 1.807) is 12.2 Å². The van der Waals surface area contributed by atoms with Crippen molar-refractivity contribution in [3.05, 3.63) is 89.9 Å². The first kappa shape index (κ1) is 24.1. The molecule has 1 aliphatic rings. The van der Waals surface area contributed by atoms with Crippen molar-refractivity contribution in [2.45, 2.75) is 32.6 Å². The molecule has 1 aromatic heterocycles. The predicted octanol–water partition coefficient (Wildman–Crippen LogP) is 5.01. The van der Waals surface area contributed by atoms with E-state index in [1.807, 2.05) is 66.4 Å². The fourth-order valence-electron chi connectivity index (χ4n) is 4.45. The average Bonchev–Trinajstić information content (AvgIpc) is 2.88. The number of hydrogen-bond acceptors (Lipinski definition) is 6. The van der Waals surface area contributed by atoms with Crippen molar-refractivity contribution in [1.82, 2.24) is 14.9 Å². The Kier molecular flexibility index (Phi) is 7.88. The van der Waals surface area contributed by atoms with Crippen LogP contribution in [0.5, 0.6) is 11.5 Å². The third-order valence-corrected chi connectivity index (χ3v) is 6.26. The molecule has 0 saturated carbocycles. The first-order valence-corrected chi connectivity index (χ1v) is 12.0. The highest BCUT2D eigenvalue weighted by Gasteiger charge is 2.23. The molecule has 1 amide bonds. The number of benzene rings is 2. The van der Waals surface area contributed by atoms with Crippen LogP contribution in [0.4, 0.5) is 5.82 Å². The number of aryl methyl sites for hydroxylation is 1. The Bertz CT molecular complexity index is 1190. The third kappa shape index (κ3) is 6.12. The van der Waals surface area contributed by atoms with Gasteiger partial charge in [0.05, 0.1) is 17.0 Å². The number of piperidine rings is 1. The highest BCUT2D eigenvalue weighted by Crippen LogP contribution is 2.26. The first-order chi connectivity index (χ1) is 17.0. The summed E-state index contributed by atoms with van der Waals surface area (Å²) in [5.74, 6) is 2.22. The lowest BCUT2D eigenvalue weighted by Crippen LogP contribution is -2.39. The molecule has 1 unspecified atom stereocenters. The number of carbonyl (C=O) groups excluding carboxylic acids is 1. The molecule has 0 radical (unpaired) electrons. The van der Waals surface area contributed by atoms with Crippen LogP contribution in [0.15, 0.2) is 73.1 Å². The molecule has 3 N–H and O–H groups in total. The molecule has 2 heterocycles. The smallest absolute Gasteiger partial charge is 0.246 e. The fourth-order valence-corrected chi connectivity index (χ4v) is 4.45. The second-order valence-corrected chi connectivity index (χ2v) is 8.73. The number of nitrogen functional groups attached to an aromatic ring is 1. The number of nitrogens with two attached hydrogens (primary N) is 1. The van der Waals surface area contributed by atoms with Crippen LogP contribution < -0.4 is 10.5 Å². The standard InChI is InChI=1S/C28H31N5O2/c1-2-7-25(34)33-17-6-8-20(18-33)11-16-24-26(28(30)32-19-31-24)27(29)21-12-14-23(15-13-21)35-22-9-4-3-5-10-22/h2-5,7,9-10,12-15,19-20,29H,6,8,11,16-18H2,1H3,(H2,30,31,32)/b7-2+,29-27?. The van der Waals surface area contributed by atoms with Gasteiger partial charge in [0.15, 0.2) is 0 Å². The minimum Gasteiger partial charge on any atom is -0.457 e. The van der Waals surface area contributed by atoms with Crippen molar-refractivity contribution in [1.29, 1.82) is 5.41 Å². The van der Waals surface area contributed by atoms with Gasteiger partial charge < -0.3 is 15.4 Å². The molecule has 0 aliphatic carbocycles. The predicted molar refractivity (Wildman–Crippen MR) is 138 cm³/mol. The molecule has 1 aliphatic heterocycles. The zero-order valence-corrected chi connectivity index (χ0v) is 20.0. The molecule has 0 bridgehead atoms. The van der Waals surface area contributed by atoms with Gasteiger partial charge in [0.1, 0.15) is 23.6 Å². The number of carbonyl (C=O) groups is 1. The molecular formula is C28H31N5O2. The summed E-state index contributed by atoms with van der Waals surface area (Å²) in [5.41, 5.74) is 8.56. The quantitative estimate of drug-likeness (QED) is 0.356. The van der Waals surface area contributed by atoms with Crippen molar-refractivity contribution in [3.8, 4) is 11.5 Å². The number of hydrogen-bond donors (Lipinski definition) is 2. The van der Waals surface area contributed by atoms with Crippen LogP contribution in [0.1, 0.15) is 43.0 Å². The average molecular weight is 470 g/mol. The van der Waals surface area contributed by atoms with Crippen molar-refractivity contribution in [3.63, 3.8) is 0 Å². The molecule has 7 nitrogen and oxygen atoms in total. The SMILES string of the molecule is C/C=C/C(=O)N1CCCC(CCc2ncnc(N)c2C(=N)c2ccc(Oc3ccccc3)cc2)C1. The van der Waals surface area contributed by atoms with E-state index in [2.05, 4.69) is 9.97 Å². The normalized spacial score (nSPS) is 15.8. The van der Waals surface area contributed by atoms with Gasteiger partial charge in [0.2, 0.25) is 5.91 Å². The van der Waals surface area contributed by atoms with E-state index in [0.717, 1.165) is 43.8 Å². The number of para-hydroxylation sites is 1. The Hall–Kier alpha value is -4.00. The zero-order chi connectivity index (χ0) is 24.6. The maximum absolute atomic E-state index is 12.3. The van der Waals surface area contributed by atoms with Gasteiger partial charge in [-0.25, -0.2) is 9.97 Å². The van der Waals surface area contributed by atoms with Crippen LogP contribution in [0.25, 0.3) is 0 Å². The third-order valence-electron chi connectivity index (χ3n) is 6.26. The molecule has 1 fully saturated rings. The van der Waals surface area contributed by atoms with Crippen molar-refractivity contribution in [2.24, 2.45) is 5.92 Å². The summed E-state index contributed by atoms with van der Waals surface area (Å²) in [5, 5.41) is 8.84. The molecule has 2 aromatic carbocycles. The highest BCUT2D eigenvalue weighted by atomic mass is 16.5. The van der Waals surface area contributed by atoms with Gasteiger partial charge in [-0.1, -0.05) is 24.3 Å². The number of anilines is 1. The van der Waals surface area contributed by atoms with E-state index in [9.17, 15) is 4.79 Å². The Balaban J connectivity index is 1.45. The number of ether oxygens (including phenoxy) is 1. The molecule has 3 aromatic rings. The fraction of sp³-hybridized carbons (Fsp3) is 0.286. The molecule has 1 atom stereocenters. The monoisotopic (exact) mass is 469 g/mol. The lowest BCUT2D eigenvalue weighted by atomic mass is 9.91. The number of rotatable bonds is 8. The molecular weight excluding hydrogens is 438 g/mol. The highest BCUT2D eigenvalue weighted by molar-refractivity contribution is 6.14. The van der Waals surface area contributed by atoms with Gasteiger partial charge >= 0.3 is 0 Å². The molecule has 7 heteroatoms. The largest absolute Gasteiger partial charge is 0.457 e. The van der Waals surface area contributed by atoms with Gasteiger partial charge in [-0.15, -0.1) is 0 Å². The van der Waals surface area contributed by atoms with Gasteiger partial charge in [-0.2, -0.15) is 0 Å². The maximum Gasteiger partial charge on any atom is 0.246 e. The van der Waals surface area contributed by atoms with E-state index in [0.29, 0.717) is 35.0 Å². The summed E-state index contributed by atoms with van der Waals surface area (Å²) in [4.78, 5) is 22.8. The summed E-state index contributed by atoms with van der Waals surface area (Å²) < 4.78 is 5.86. The van der Waals surface area contributed by atoms with Crippen LogP contribution in [-0.2, 0) is 11.2 Å². The van der Waals surface area contributed by atoms with Gasteiger partial charge in [0, 0.05) is 18.7 Å². The molecule has 35 heavy (non-hydrogen) atoms. The van der Waals surface area contributed by atoms with E-state index in [4.69, 9.17) is 15.9 Å². The summed E-state index contributed by atoms with van der Waals surface area (Å²) in [7, 11) is 0. The second kappa shape index (κ2) is 11.4. The molecule has 4 rings (SSSR count). The lowest BCUT2D eigenvalue weighted by molar-refractivity contribution is -0.127. The zero-order valence-electron chi connectivity index (χ0n) is 20.0. The number of allylic oxidation sites excluding steroid dienone is 1. The molecule has 0 spiro atoms. The number of nitrogens with zero attached hydrogens (tertiary/aromatic N) is 3.